The van der Waals surface area contributed by atoms with Crippen LogP contribution in [0.2, 0.25) is 0 Å². The number of fused-ring (bicyclic) bond motifs is 4. The van der Waals surface area contributed by atoms with Crippen LogP contribution in [-0.2, 0) is 9.47 Å². The first kappa shape index (κ1) is 18.7. The van der Waals surface area contributed by atoms with Crippen LogP contribution in [0.5, 0.6) is 0 Å². The fourth-order valence-corrected chi connectivity index (χ4v) is 5.76. The highest BCUT2D eigenvalue weighted by Crippen LogP contribution is 2.44. The van der Waals surface area contributed by atoms with Crippen molar-refractivity contribution in [1.29, 1.82) is 0 Å². The zero-order valence-corrected chi connectivity index (χ0v) is 16.5. The van der Waals surface area contributed by atoms with Crippen LogP contribution in [0, 0.1) is 35.5 Å². The van der Waals surface area contributed by atoms with Crippen molar-refractivity contribution in [2.75, 3.05) is 26.4 Å². The molecular weight excluding hydrogens is 320 g/mol. The van der Waals surface area contributed by atoms with E-state index in [4.69, 9.17) is 9.47 Å². The summed E-state index contributed by atoms with van der Waals surface area (Å²) < 4.78 is 11.9. The van der Waals surface area contributed by atoms with E-state index >= 15 is 0 Å². The molecule has 4 aliphatic rings. The van der Waals surface area contributed by atoms with Gasteiger partial charge in [0, 0.05) is 26.4 Å². The predicted molar refractivity (Wildman–Crippen MR) is 107 cm³/mol. The molecule has 0 aromatic rings. The summed E-state index contributed by atoms with van der Waals surface area (Å²) in [7, 11) is 0. The van der Waals surface area contributed by atoms with E-state index in [1.165, 1.54) is 64.2 Å². The maximum absolute atomic E-state index is 5.94. The molecule has 0 heterocycles. The van der Waals surface area contributed by atoms with Crippen LogP contribution in [0.3, 0.4) is 0 Å². The van der Waals surface area contributed by atoms with Gasteiger partial charge in [0.1, 0.15) is 0 Å². The van der Waals surface area contributed by atoms with Crippen LogP contribution in [-0.4, -0.2) is 26.4 Å². The summed E-state index contributed by atoms with van der Waals surface area (Å²) >= 11 is 0. The summed E-state index contributed by atoms with van der Waals surface area (Å²) in [6, 6.07) is 0. The molecule has 2 nitrogen and oxygen atoms in total. The van der Waals surface area contributed by atoms with E-state index in [-0.39, 0.29) is 0 Å². The lowest BCUT2D eigenvalue weighted by molar-refractivity contribution is 0.0857. The molecular formula is C24H38O2. The third kappa shape index (κ3) is 5.01. The largest absolute Gasteiger partial charge is 0.381 e. The Labute approximate surface area is 160 Å². The molecule has 2 fully saturated rings. The summed E-state index contributed by atoms with van der Waals surface area (Å²) in [6.07, 6.45) is 23.1. The van der Waals surface area contributed by atoms with Crippen LogP contribution < -0.4 is 0 Å². The van der Waals surface area contributed by atoms with Crippen LogP contribution in [0.1, 0.15) is 64.2 Å². The molecule has 4 aliphatic carbocycles. The van der Waals surface area contributed by atoms with Gasteiger partial charge < -0.3 is 9.47 Å². The molecule has 4 bridgehead atoms. The van der Waals surface area contributed by atoms with Gasteiger partial charge in [-0.1, -0.05) is 50.0 Å². The summed E-state index contributed by atoms with van der Waals surface area (Å²) in [5, 5.41) is 0. The molecule has 0 aromatic carbocycles. The molecule has 0 amide bonds. The fourth-order valence-electron chi connectivity index (χ4n) is 5.76. The number of hydrogen-bond acceptors (Lipinski definition) is 2. The summed E-state index contributed by atoms with van der Waals surface area (Å²) in [4.78, 5) is 0. The quantitative estimate of drug-likeness (QED) is 0.307. The van der Waals surface area contributed by atoms with Crippen LogP contribution >= 0.6 is 0 Å². The van der Waals surface area contributed by atoms with Crippen molar-refractivity contribution in [1.82, 2.24) is 0 Å². The molecule has 0 N–H and O–H groups in total. The normalized spacial score (nSPS) is 36.6. The SMILES string of the molecule is C1=CC2CC1CC2COCCCCCCCCOCC1CC2C=CC1C2. The monoisotopic (exact) mass is 358 g/mol. The molecule has 4 rings (SSSR count). The molecule has 2 saturated carbocycles. The van der Waals surface area contributed by atoms with Gasteiger partial charge in [-0.05, 0) is 74.0 Å². The lowest BCUT2D eigenvalue weighted by Crippen LogP contribution is -2.15. The van der Waals surface area contributed by atoms with Crippen molar-refractivity contribution >= 4 is 0 Å². The Morgan fingerprint density at radius 2 is 1.00 bits per heavy atom. The van der Waals surface area contributed by atoms with E-state index in [0.717, 1.165) is 61.9 Å². The van der Waals surface area contributed by atoms with Gasteiger partial charge in [-0.3, -0.25) is 0 Å². The van der Waals surface area contributed by atoms with Gasteiger partial charge in [-0.25, -0.2) is 0 Å². The molecule has 0 radical (unpaired) electrons. The molecule has 0 aliphatic heterocycles. The molecule has 0 spiro atoms. The predicted octanol–water partition coefficient (Wildman–Crippen LogP) is 5.78. The van der Waals surface area contributed by atoms with Crippen molar-refractivity contribution in [2.24, 2.45) is 35.5 Å². The minimum atomic E-state index is 0.820. The van der Waals surface area contributed by atoms with Crippen molar-refractivity contribution in [3.63, 3.8) is 0 Å². The third-order valence-electron chi connectivity index (χ3n) is 7.32. The number of ether oxygens (including phenoxy) is 2. The number of rotatable bonds is 13. The second-order valence-electron chi connectivity index (χ2n) is 9.35. The third-order valence-corrected chi connectivity index (χ3v) is 7.32. The maximum atomic E-state index is 5.94. The van der Waals surface area contributed by atoms with Crippen molar-refractivity contribution in [3.05, 3.63) is 24.3 Å². The molecule has 6 atom stereocenters. The summed E-state index contributed by atoms with van der Waals surface area (Å²) in [6.45, 7) is 3.94. The van der Waals surface area contributed by atoms with Gasteiger partial charge in [-0.15, -0.1) is 0 Å². The Morgan fingerprint density at radius 1 is 0.538 bits per heavy atom. The first-order valence-electron chi connectivity index (χ1n) is 11.4. The molecule has 6 unspecified atom stereocenters. The maximum Gasteiger partial charge on any atom is 0.0500 e. The zero-order valence-electron chi connectivity index (χ0n) is 16.5. The van der Waals surface area contributed by atoms with Crippen LogP contribution in [0.4, 0.5) is 0 Å². The first-order chi connectivity index (χ1) is 12.9. The van der Waals surface area contributed by atoms with Crippen molar-refractivity contribution in [2.45, 2.75) is 64.2 Å². The van der Waals surface area contributed by atoms with Gasteiger partial charge in [0.05, 0.1) is 0 Å². The van der Waals surface area contributed by atoms with E-state index < -0.39 is 0 Å². The molecule has 2 heteroatoms. The first-order valence-corrected chi connectivity index (χ1v) is 11.4. The lowest BCUT2D eigenvalue weighted by Gasteiger charge is -2.18. The van der Waals surface area contributed by atoms with E-state index in [0.29, 0.717) is 0 Å². The van der Waals surface area contributed by atoms with Gasteiger partial charge in [0.25, 0.3) is 0 Å². The standard InChI is InChI=1S/C24H38O2/c1(3-5-11-25-17-23-15-19-7-9-21(23)13-19)2-4-6-12-26-18-24-16-20-8-10-22(24)14-20/h7-10,19-24H,1-6,11-18H2. The average Bonchev–Trinajstić information content (AvgIpc) is 3.44. The highest BCUT2D eigenvalue weighted by molar-refractivity contribution is 5.10. The summed E-state index contributed by atoms with van der Waals surface area (Å²) in [5.41, 5.74) is 0. The van der Waals surface area contributed by atoms with E-state index in [1.54, 1.807) is 0 Å². The van der Waals surface area contributed by atoms with Crippen molar-refractivity contribution in [3.8, 4) is 0 Å². The van der Waals surface area contributed by atoms with E-state index in [9.17, 15) is 0 Å². The van der Waals surface area contributed by atoms with Gasteiger partial charge >= 0.3 is 0 Å². The molecule has 0 aromatic heterocycles. The molecule has 26 heavy (non-hydrogen) atoms. The van der Waals surface area contributed by atoms with E-state index in [2.05, 4.69) is 24.3 Å². The van der Waals surface area contributed by atoms with Gasteiger partial charge in [0.15, 0.2) is 0 Å². The topological polar surface area (TPSA) is 18.5 Å². The Kier molecular flexibility index (Phi) is 6.89. The Hall–Kier alpha value is -0.600. The highest BCUT2D eigenvalue weighted by Gasteiger charge is 2.36. The van der Waals surface area contributed by atoms with Crippen LogP contribution in [0.15, 0.2) is 24.3 Å². The van der Waals surface area contributed by atoms with E-state index in [1.807, 2.05) is 0 Å². The van der Waals surface area contributed by atoms with Gasteiger partial charge in [0.2, 0.25) is 0 Å². The minimum absolute atomic E-state index is 0.820. The highest BCUT2D eigenvalue weighted by atomic mass is 16.5. The summed E-state index contributed by atoms with van der Waals surface area (Å²) in [5.74, 6) is 5.07. The van der Waals surface area contributed by atoms with Crippen LogP contribution in [0.25, 0.3) is 0 Å². The zero-order chi connectivity index (χ0) is 17.6. The average molecular weight is 359 g/mol. The Balaban J connectivity index is 0.897. The van der Waals surface area contributed by atoms with Crippen molar-refractivity contribution < 1.29 is 9.47 Å². The minimum Gasteiger partial charge on any atom is -0.381 e. The smallest absolute Gasteiger partial charge is 0.0500 e. The van der Waals surface area contributed by atoms with Gasteiger partial charge in [-0.2, -0.15) is 0 Å². The fraction of sp³-hybridized carbons (Fsp3) is 0.833. The number of allylic oxidation sites excluding steroid dienone is 4. The Morgan fingerprint density at radius 3 is 1.38 bits per heavy atom. The second kappa shape index (κ2) is 9.55. The lowest BCUT2D eigenvalue weighted by atomic mass is 9.95. The Bertz CT molecular complexity index is 439. The number of unbranched alkanes of at least 4 members (excludes halogenated alkanes) is 5. The molecule has 146 valence electrons. The number of hydrogen-bond donors (Lipinski definition) is 0. The molecule has 0 saturated heterocycles. The second-order valence-corrected chi connectivity index (χ2v) is 9.35.